The van der Waals surface area contributed by atoms with Crippen LogP contribution in [0.15, 0.2) is 42.5 Å². The average Bonchev–Trinajstić information content (AvgIpc) is 2.78. The van der Waals surface area contributed by atoms with Gasteiger partial charge in [0, 0.05) is 21.8 Å². The van der Waals surface area contributed by atoms with Crippen molar-refractivity contribution in [2.24, 2.45) is 0 Å². The molecule has 0 aliphatic carbocycles. The van der Waals surface area contributed by atoms with Gasteiger partial charge in [0.05, 0.1) is 13.5 Å². The Morgan fingerprint density at radius 2 is 2.09 bits per heavy atom. The normalized spacial score (nSPS) is 19.2. The maximum absolute atomic E-state index is 12.5. The third kappa shape index (κ3) is 2.69. The molecule has 1 amide bonds. The molecule has 0 radical (unpaired) electrons. The first-order valence-electron chi connectivity index (χ1n) is 6.95. The fourth-order valence-corrected chi connectivity index (χ4v) is 2.79. The predicted octanol–water partition coefficient (Wildman–Crippen LogP) is 2.76. The molecule has 118 valence electrons. The minimum absolute atomic E-state index is 0.311. The maximum Gasteiger partial charge on any atom is 0.261 e. The minimum Gasteiger partial charge on any atom is -0.497 e. The number of halogens is 1. The van der Waals surface area contributed by atoms with Gasteiger partial charge in [0.15, 0.2) is 11.4 Å². The van der Waals surface area contributed by atoms with Crippen LogP contribution in [0, 0.1) is 0 Å². The molecule has 1 heterocycles. The summed E-state index contributed by atoms with van der Waals surface area (Å²) >= 11 is 5.94. The van der Waals surface area contributed by atoms with E-state index in [4.69, 9.17) is 16.3 Å². The molecule has 1 atom stereocenters. The SMILES string of the molecule is COc1cccc(C(=O)C[C@@]2(O)C(=O)Nc3ccc(Cl)cc32)c1. The van der Waals surface area contributed by atoms with E-state index in [9.17, 15) is 14.7 Å². The van der Waals surface area contributed by atoms with Crippen molar-refractivity contribution in [3.8, 4) is 5.75 Å². The summed E-state index contributed by atoms with van der Waals surface area (Å²) in [6.07, 6.45) is -0.376. The van der Waals surface area contributed by atoms with E-state index in [1.165, 1.54) is 13.2 Å². The Labute approximate surface area is 137 Å². The number of nitrogens with one attached hydrogen (secondary N) is 1. The Balaban J connectivity index is 1.94. The van der Waals surface area contributed by atoms with Crippen molar-refractivity contribution in [3.05, 3.63) is 58.6 Å². The lowest BCUT2D eigenvalue weighted by Gasteiger charge is -2.20. The minimum atomic E-state index is -1.93. The first-order chi connectivity index (χ1) is 10.9. The molecule has 0 saturated carbocycles. The summed E-state index contributed by atoms with van der Waals surface area (Å²) in [6.45, 7) is 0. The molecule has 0 spiro atoms. The summed E-state index contributed by atoms with van der Waals surface area (Å²) < 4.78 is 5.08. The molecule has 5 nitrogen and oxygen atoms in total. The number of carbonyl (C=O) groups is 2. The number of carbonyl (C=O) groups excluding carboxylic acids is 2. The molecule has 1 aliphatic heterocycles. The van der Waals surface area contributed by atoms with Crippen LogP contribution in [-0.4, -0.2) is 23.9 Å². The van der Waals surface area contributed by atoms with E-state index in [2.05, 4.69) is 5.32 Å². The third-order valence-corrected chi connectivity index (χ3v) is 4.09. The number of hydrogen-bond donors (Lipinski definition) is 2. The number of methoxy groups -OCH3 is 1. The van der Waals surface area contributed by atoms with E-state index in [-0.39, 0.29) is 12.2 Å². The molecule has 3 rings (SSSR count). The lowest BCUT2D eigenvalue weighted by Crippen LogP contribution is -2.36. The first kappa shape index (κ1) is 15.5. The number of benzene rings is 2. The maximum atomic E-state index is 12.5. The lowest BCUT2D eigenvalue weighted by atomic mass is 9.88. The zero-order valence-corrected chi connectivity index (χ0v) is 13.1. The molecule has 0 saturated heterocycles. The zero-order valence-electron chi connectivity index (χ0n) is 12.3. The van der Waals surface area contributed by atoms with Crippen molar-refractivity contribution >= 4 is 29.0 Å². The van der Waals surface area contributed by atoms with Gasteiger partial charge in [0.25, 0.3) is 5.91 Å². The van der Waals surface area contributed by atoms with Gasteiger partial charge in [-0.1, -0.05) is 23.7 Å². The van der Waals surface area contributed by atoms with Crippen molar-refractivity contribution in [2.45, 2.75) is 12.0 Å². The van der Waals surface area contributed by atoms with E-state index in [0.29, 0.717) is 27.6 Å². The second-order valence-electron chi connectivity index (χ2n) is 5.34. The molecule has 0 unspecified atom stereocenters. The highest BCUT2D eigenvalue weighted by molar-refractivity contribution is 6.31. The molecule has 23 heavy (non-hydrogen) atoms. The summed E-state index contributed by atoms with van der Waals surface area (Å²) in [5.74, 6) is -0.470. The molecule has 2 aromatic carbocycles. The Bertz CT molecular complexity index is 805. The number of ether oxygens (including phenoxy) is 1. The highest BCUT2D eigenvalue weighted by atomic mass is 35.5. The summed E-state index contributed by atoms with van der Waals surface area (Å²) in [7, 11) is 1.50. The number of ketones is 1. The molecule has 6 heteroatoms. The topological polar surface area (TPSA) is 75.6 Å². The van der Waals surface area contributed by atoms with Gasteiger partial charge in [0.1, 0.15) is 5.75 Å². The fourth-order valence-electron chi connectivity index (χ4n) is 2.62. The van der Waals surface area contributed by atoms with Crippen molar-refractivity contribution in [2.75, 3.05) is 12.4 Å². The number of hydrogen-bond acceptors (Lipinski definition) is 4. The van der Waals surface area contributed by atoms with Crippen LogP contribution >= 0.6 is 11.6 Å². The number of amides is 1. The average molecular weight is 332 g/mol. The van der Waals surface area contributed by atoms with E-state index in [1.54, 1.807) is 36.4 Å². The summed E-state index contributed by atoms with van der Waals surface area (Å²) in [6, 6.07) is 11.3. The lowest BCUT2D eigenvalue weighted by molar-refractivity contribution is -0.133. The van der Waals surface area contributed by atoms with Crippen LogP contribution in [0.4, 0.5) is 5.69 Å². The van der Waals surface area contributed by atoms with Crippen molar-refractivity contribution < 1.29 is 19.4 Å². The van der Waals surface area contributed by atoms with E-state index in [1.807, 2.05) is 0 Å². The highest BCUT2D eigenvalue weighted by Gasteiger charge is 2.46. The monoisotopic (exact) mass is 331 g/mol. The second kappa shape index (κ2) is 5.68. The van der Waals surface area contributed by atoms with Crippen LogP contribution in [0.25, 0.3) is 0 Å². The van der Waals surface area contributed by atoms with Crippen molar-refractivity contribution in [3.63, 3.8) is 0 Å². The van der Waals surface area contributed by atoms with Crippen LogP contribution in [0.3, 0.4) is 0 Å². The summed E-state index contributed by atoms with van der Waals surface area (Å²) in [4.78, 5) is 24.7. The Hall–Kier alpha value is -2.37. The molecule has 2 aromatic rings. The van der Waals surface area contributed by atoms with Gasteiger partial charge in [-0.2, -0.15) is 0 Å². The molecule has 0 fully saturated rings. The van der Waals surface area contributed by atoms with Gasteiger partial charge in [-0.15, -0.1) is 0 Å². The predicted molar refractivity (Wildman–Crippen MR) is 85.9 cm³/mol. The van der Waals surface area contributed by atoms with E-state index >= 15 is 0 Å². The molecule has 1 aliphatic rings. The first-order valence-corrected chi connectivity index (χ1v) is 7.33. The quantitative estimate of drug-likeness (QED) is 0.845. The number of aliphatic hydroxyl groups is 1. The van der Waals surface area contributed by atoms with Crippen LogP contribution in [0.5, 0.6) is 5.75 Å². The van der Waals surface area contributed by atoms with Gasteiger partial charge in [-0.05, 0) is 30.3 Å². The molecule has 0 bridgehead atoms. The molecule has 0 aromatic heterocycles. The molecular formula is C17H14ClNO4. The number of Topliss-reactive ketones (excluding diaryl/α,β-unsaturated/α-hetero) is 1. The standard InChI is InChI=1S/C17H14ClNO4/c1-23-12-4-2-3-10(7-12)15(20)9-17(22)13-8-11(18)5-6-14(13)19-16(17)21/h2-8,22H,9H2,1H3,(H,19,21)/t17-/m0/s1. The second-order valence-corrected chi connectivity index (χ2v) is 5.77. The van der Waals surface area contributed by atoms with Gasteiger partial charge in [0.2, 0.25) is 0 Å². The Morgan fingerprint density at radius 3 is 2.83 bits per heavy atom. The Morgan fingerprint density at radius 1 is 1.30 bits per heavy atom. The summed E-state index contributed by atoms with van der Waals surface area (Å²) in [5, 5.41) is 13.7. The smallest absolute Gasteiger partial charge is 0.261 e. The zero-order chi connectivity index (χ0) is 16.6. The Kier molecular flexibility index (Phi) is 3.83. The fraction of sp³-hybridized carbons (Fsp3) is 0.176. The molecule has 2 N–H and O–H groups in total. The molecular weight excluding hydrogens is 318 g/mol. The van der Waals surface area contributed by atoms with Gasteiger partial charge >= 0.3 is 0 Å². The third-order valence-electron chi connectivity index (χ3n) is 3.86. The summed E-state index contributed by atoms with van der Waals surface area (Å²) in [5.41, 5.74) is -0.798. The number of anilines is 1. The number of rotatable bonds is 4. The van der Waals surface area contributed by atoms with Crippen LogP contribution in [0.2, 0.25) is 5.02 Å². The van der Waals surface area contributed by atoms with E-state index in [0.717, 1.165) is 0 Å². The van der Waals surface area contributed by atoms with Crippen molar-refractivity contribution in [1.29, 1.82) is 0 Å². The van der Waals surface area contributed by atoms with Crippen LogP contribution in [-0.2, 0) is 10.4 Å². The number of fused-ring (bicyclic) bond motifs is 1. The van der Waals surface area contributed by atoms with Crippen molar-refractivity contribution in [1.82, 2.24) is 0 Å². The van der Waals surface area contributed by atoms with E-state index < -0.39 is 11.5 Å². The highest BCUT2D eigenvalue weighted by Crippen LogP contribution is 2.40. The van der Waals surface area contributed by atoms with Gasteiger partial charge in [-0.3, -0.25) is 9.59 Å². The van der Waals surface area contributed by atoms with Crippen LogP contribution < -0.4 is 10.1 Å². The van der Waals surface area contributed by atoms with Gasteiger partial charge < -0.3 is 15.2 Å². The largest absolute Gasteiger partial charge is 0.497 e. The van der Waals surface area contributed by atoms with Crippen LogP contribution in [0.1, 0.15) is 22.3 Å². The van der Waals surface area contributed by atoms with Gasteiger partial charge in [-0.25, -0.2) is 0 Å².